The number of nitrogens with zero attached hydrogens (tertiary/aromatic N) is 2. The molecule has 0 aromatic heterocycles. The van der Waals surface area contributed by atoms with Gasteiger partial charge in [-0.05, 0) is 111 Å². The summed E-state index contributed by atoms with van der Waals surface area (Å²) in [7, 11) is 0. The minimum Gasteiger partial charge on any atom is -0.481 e. The van der Waals surface area contributed by atoms with Crippen molar-refractivity contribution in [3.05, 3.63) is 11.6 Å². The van der Waals surface area contributed by atoms with E-state index in [0.29, 0.717) is 51.0 Å². The molecule has 15 heteroatoms. The molecule has 3 heterocycles. The molecule has 358 valence electrons. The number of hydrogen-bond acceptors (Lipinski definition) is 13. The van der Waals surface area contributed by atoms with Crippen LogP contribution < -0.4 is 0 Å². The molecule has 1 amide bonds. The van der Waals surface area contributed by atoms with Crippen LogP contribution in [0.4, 0.5) is 0 Å². The molecular formula is C48H78N2O13. The Bertz CT molecular complexity index is 1740. The number of amides is 1. The molecule has 5 aliphatic carbocycles. The topological polar surface area (TPSA) is 219 Å². The molecule has 0 bridgehead atoms. The van der Waals surface area contributed by atoms with Gasteiger partial charge in [0.05, 0.1) is 37.3 Å². The molecule has 0 aromatic carbocycles. The number of fused-ring (bicyclic) bond motifs is 7. The maximum absolute atomic E-state index is 15.0. The van der Waals surface area contributed by atoms with Gasteiger partial charge in [0.1, 0.15) is 36.6 Å². The maximum atomic E-state index is 15.0. The number of carbonyl (C=O) groups is 2. The van der Waals surface area contributed by atoms with Gasteiger partial charge in [0, 0.05) is 38.1 Å². The number of carboxylic acid groups (broad SMARTS) is 1. The van der Waals surface area contributed by atoms with Gasteiger partial charge in [0.15, 0.2) is 12.6 Å². The summed E-state index contributed by atoms with van der Waals surface area (Å²) < 4.78 is 24.5. The predicted molar refractivity (Wildman–Crippen MR) is 230 cm³/mol. The van der Waals surface area contributed by atoms with Crippen molar-refractivity contribution in [1.82, 2.24) is 9.80 Å². The highest BCUT2D eigenvalue weighted by Gasteiger charge is 2.70. The van der Waals surface area contributed by atoms with E-state index in [1.165, 1.54) is 12.5 Å². The molecule has 3 saturated heterocycles. The number of rotatable bonds is 9. The first-order valence-electron chi connectivity index (χ1n) is 24.1. The third-order valence-electron chi connectivity index (χ3n) is 19.3. The second kappa shape index (κ2) is 17.1. The molecule has 0 spiro atoms. The largest absolute Gasteiger partial charge is 0.481 e. The lowest BCUT2D eigenvalue weighted by Gasteiger charge is -2.71. The number of allylic oxidation sites excluding steroid dienone is 2. The fourth-order valence-corrected chi connectivity index (χ4v) is 15.1. The number of hydrogen-bond donors (Lipinski definition) is 7. The van der Waals surface area contributed by atoms with Gasteiger partial charge in [-0.2, -0.15) is 0 Å². The van der Waals surface area contributed by atoms with Gasteiger partial charge in [-0.3, -0.25) is 14.5 Å². The standard InChI is InChI=1S/C48H78N2O13/c1-27-35(55)37(57)38(58)40(61-27)63-39-36(56)30(52)25-60-41(39)62-33-11-13-44(4)31(45(33,5)26-51)10-14-47(7)32(44)9-8-28-29-24-43(2,3)15-17-48(29,18-16-46(28,47)6)42(59)50-22-20-49(21-23-50)19-12-34(53)54/h8,27,29-33,35-41,51-52,55-58H,9-26H2,1-7H3,(H,53,54)/t27-,29-,30-,31+,32+,33-,35-,36-,37+,38+,39+,40-,41-,44-,45-,46+,47+,48-/m0/s1. The summed E-state index contributed by atoms with van der Waals surface area (Å²) in [4.78, 5) is 30.5. The maximum Gasteiger partial charge on any atom is 0.304 e. The molecule has 18 atom stereocenters. The van der Waals surface area contributed by atoms with E-state index in [2.05, 4.69) is 57.4 Å². The molecule has 0 unspecified atom stereocenters. The summed E-state index contributed by atoms with van der Waals surface area (Å²) in [5.41, 5.74) is 0.127. The number of carbonyl (C=O) groups excluding carboxylic acids is 1. The van der Waals surface area contributed by atoms with Crippen molar-refractivity contribution in [3.63, 3.8) is 0 Å². The number of carboxylic acids is 1. The van der Waals surface area contributed by atoms with Crippen molar-refractivity contribution in [2.45, 2.75) is 181 Å². The molecule has 63 heavy (non-hydrogen) atoms. The molecule has 7 fully saturated rings. The van der Waals surface area contributed by atoms with Crippen molar-refractivity contribution in [3.8, 4) is 0 Å². The SMILES string of the molecule is C[C@@H]1O[C@@H](O[C@H]2[C@H](O[C@H]3CC[C@@]4(C)[C@@H](CC[C@]5(C)[C@@H]4CC=C4[C@@H]6CC(C)(C)CC[C@]6(C(=O)N6CCN(CCC(=O)O)CC6)CC[C@]45C)[C@]3(C)CO)OC[C@H](O)[C@@H]2O)[C@H](O)[C@H](O)[C@H]1O. The van der Waals surface area contributed by atoms with E-state index in [1.54, 1.807) is 0 Å². The highest BCUT2D eigenvalue weighted by molar-refractivity contribution is 5.84. The minimum atomic E-state index is -1.63. The summed E-state index contributed by atoms with van der Waals surface area (Å²) >= 11 is 0. The van der Waals surface area contributed by atoms with Crippen LogP contribution in [0.5, 0.6) is 0 Å². The highest BCUT2D eigenvalue weighted by atomic mass is 16.8. The smallest absolute Gasteiger partial charge is 0.304 e. The normalized spacial score (nSPS) is 50.0. The van der Waals surface area contributed by atoms with Crippen LogP contribution in [0.1, 0.15) is 119 Å². The van der Waals surface area contributed by atoms with Crippen LogP contribution in [0.25, 0.3) is 0 Å². The van der Waals surface area contributed by atoms with Crippen LogP contribution in [-0.2, 0) is 28.5 Å². The lowest BCUT2D eigenvalue weighted by molar-refractivity contribution is -0.365. The van der Waals surface area contributed by atoms with E-state index < -0.39 is 78.2 Å². The quantitative estimate of drug-likeness (QED) is 0.131. The zero-order chi connectivity index (χ0) is 45.7. The van der Waals surface area contributed by atoms with Crippen LogP contribution in [-0.4, -0.2) is 165 Å². The Balaban J connectivity index is 1.03. The molecule has 0 aromatic rings. The molecule has 15 nitrogen and oxygen atoms in total. The van der Waals surface area contributed by atoms with Gasteiger partial charge in [-0.15, -0.1) is 0 Å². The second-order valence-electron chi connectivity index (χ2n) is 23.0. The Morgan fingerprint density at radius 2 is 1.51 bits per heavy atom. The van der Waals surface area contributed by atoms with Crippen LogP contribution in [0.15, 0.2) is 11.6 Å². The number of ether oxygens (including phenoxy) is 4. The Kier molecular flexibility index (Phi) is 12.9. The molecule has 0 radical (unpaired) electrons. The average molecular weight is 891 g/mol. The van der Waals surface area contributed by atoms with Crippen LogP contribution in [0, 0.1) is 50.2 Å². The Morgan fingerprint density at radius 3 is 2.19 bits per heavy atom. The molecule has 8 aliphatic rings. The predicted octanol–water partition coefficient (Wildman–Crippen LogP) is 3.06. The summed E-state index contributed by atoms with van der Waals surface area (Å²) in [5, 5.41) is 74.0. The van der Waals surface area contributed by atoms with E-state index in [1.807, 2.05) is 0 Å². The number of aliphatic carboxylic acids is 1. The fraction of sp³-hybridized carbons (Fsp3) is 0.917. The first-order chi connectivity index (χ1) is 29.5. The highest BCUT2D eigenvalue weighted by Crippen LogP contribution is 2.76. The van der Waals surface area contributed by atoms with Gasteiger partial charge in [-0.1, -0.05) is 53.2 Å². The first kappa shape index (κ1) is 47.7. The third-order valence-corrected chi connectivity index (χ3v) is 19.3. The number of aliphatic hydroxyl groups excluding tert-OH is 6. The van der Waals surface area contributed by atoms with Gasteiger partial charge < -0.3 is 59.6 Å². The van der Waals surface area contributed by atoms with Gasteiger partial charge in [0.25, 0.3) is 0 Å². The minimum absolute atomic E-state index is 0.0548. The van der Waals surface area contributed by atoms with Crippen molar-refractivity contribution in [1.29, 1.82) is 0 Å². The third kappa shape index (κ3) is 7.76. The van der Waals surface area contributed by atoms with E-state index in [-0.39, 0.29) is 53.1 Å². The zero-order valence-electron chi connectivity index (χ0n) is 38.8. The van der Waals surface area contributed by atoms with E-state index in [4.69, 9.17) is 18.9 Å². The Morgan fingerprint density at radius 1 is 0.810 bits per heavy atom. The summed E-state index contributed by atoms with van der Waals surface area (Å²) in [6.45, 7) is 18.6. The van der Waals surface area contributed by atoms with Crippen molar-refractivity contribution < 1.29 is 64.3 Å². The lowest BCUT2D eigenvalue weighted by Crippen LogP contribution is -2.67. The monoisotopic (exact) mass is 891 g/mol. The zero-order valence-corrected chi connectivity index (χ0v) is 38.8. The van der Waals surface area contributed by atoms with Crippen molar-refractivity contribution >= 4 is 11.9 Å². The van der Waals surface area contributed by atoms with Crippen molar-refractivity contribution in [2.75, 3.05) is 45.9 Å². The summed E-state index contributed by atoms with van der Waals surface area (Å²) in [6.07, 6.45) is -1.06. The lowest BCUT2D eigenvalue weighted by atomic mass is 9.33. The van der Waals surface area contributed by atoms with Gasteiger partial charge in [0.2, 0.25) is 5.91 Å². The fourth-order valence-electron chi connectivity index (χ4n) is 15.1. The van der Waals surface area contributed by atoms with E-state index in [9.17, 15) is 40.5 Å². The first-order valence-corrected chi connectivity index (χ1v) is 24.1. The van der Waals surface area contributed by atoms with Crippen LogP contribution >= 0.6 is 0 Å². The number of aliphatic hydroxyl groups is 6. The summed E-state index contributed by atoms with van der Waals surface area (Å²) in [6, 6.07) is 0. The molecule has 8 rings (SSSR count). The molecular weight excluding hydrogens is 813 g/mol. The number of piperazine rings is 1. The average Bonchev–Trinajstić information content (AvgIpc) is 3.24. The van der Waals surface area contributed by atoms with Crippen LogP contribution in [0.3, 0.4) is 0 Å². The molecule has 3 aliphatic heterocycles. The van der Waals surface area contributed by atoms with Crippen LogP contribution in [0.2, 0.25) is 0 Å². The van der Waals surface area contributed by atoms with Gasteiger partial charge >= 0.3 is 5.97 Å². The Labute approximate surface area is 373 Å². The second-order valence-corrected chi connectivity index (χ2v) is 23.0. The van der Waals surface area contributed by atoms with Crippen molar-refractivity contribution in [2.24, 2.45) is 50.2 Å². The van der Waals surface area contributed by atoms with E-state index >= 15 is 4.79 Å². The molecule has 4 saturated carbocycles. The van der Waals surface area contributed by atoms with Gasteiger partial charge in [-0.25, -0.2) is 0 Å². The summed E-state index contributed by atoms with van der Waals surface area (Å²) in [5.74, 6) is 0.0573. The molecule has 7 N–H and O–H groups in total. The Hall–Kier alpha value is -1.76. The van der Waals surface area contributed by atoms with E-state index in [0.717, 1.165) is 57.8 Å².